The van der Waals surface area contributed by atoms with Gasteiger partial charge in [-0.15, -0.1) is 11.8 Å². The predicted octanol–water partition coefficient (Wildman–Crippen LogP) is 3.54. The summed E-state index contributed by atoms with van der Waals surface area (Å²) in [6.07, 6.45) is 0.676. The molecule has 0 radical (unpaired) electrons. The van der Waals surface area contributed by atoms with Crippen molar-refractivity contribution in [3.8, 4) is 17.2 Å². The van der Waals surface area contributed by atoms with Gasteiger partial charge in [-0.2, -0.15) is 0 Å². The van der Waals surface area contributed by atoms with E-state index in [9.17, 15) is 19.7 Å². The van der Waals surface area contributed by atoms with E-state index in [1.165, 1.54) is 48.7 Å². The second-order valence-corrected chi connectivity index (χ2v) is 9.14. The Morgan fingerprint density at radius 3 is 2.76 bits per heavy atom. The number of hydrogen-bond donors (Lipinski definition) is 1. The fourth-order valence-corrected chi connectivity index (χ4v) is 5.26. The molecule has 1 aromatic heterocycles. The lowest BCUT2D eigenvalue weighted by molar-refractivity contribution is -0.384. The number of nitrogens with zero attached hydrogens (tertiary/aromatic N) is 3. The lowest BCUT2D eigenvalue weighted by atomic mass is 10.2. The first-order valence-electron chi connectivity index (χ1n) is 10.1. The summed E-state index contributed by atoms with van der Waals surface area (Å²) >= 11 is 2.57. The van der Waals surface area contributed by atoms with E-state index in [1.807, 2.05) is 0 Å². The molecule has 12 heteroatoms. The number of benzene rings is 2. The second kappa shape index (κ2) is 10.2. The largest absolute Gasteiger partial charge is 0.493 e. The molecule has 1 amide bonds. The molecule has 4 rings (SSSR count). The minimum Gasteiger partial charge on any atom is -0.493 e. The molecular formula is C22H20N4O6S2. The maximum Gasteiger partial charge on any atom is 0.272 e. The third-order valence-corrected chi connectivity index (χ3v) is 7.01. The summed E-state index contributed by atoms with van der Waals surface area (Å²) in [7, 11) is 3.04. The number of amides is 1. The summed E-state index contributed by atoms with van der Waals surface area (Å²) in [5.74, 6) is 1.32. The number of aromatic nitrogens is 2. The molecule has 176 valence electrons. The smallest absolute Gasteiger partial charge is 0.272 e. The Hall–Kier alpha value is -3.51. The number of thioether (sulfide) groups is 2. The van der Waals surface area contributed by atoms with Crippen LogP contribution in [0.2, 0.25) is 0 Å². The maximum absolute atomic E-state index is 13.3. The Balaban J connectivity index is 1.63. The van der Waals surface area contributed by atoms with Gasteiger partial charge in [0.25, 0.3) is 11.2 Å². The van der Waals surface area contributed by atoms with Crippen molar-refractivity contribution < 1.29 is 19.2 Å². The molecule has 0 spiro atoms. The van der Waals surface area contributed by atoms with E-state index in [4.69, 9.17) is 9.47 Å². The topological polar surface area (TPSA) is 126 Å². The summed E-state index contributed by atoms with van der Waals surface area (Å²) in [6, 6.07) is 10.8. The quantitative estimate of drug-likeness (QED) is 0.214. The van der Waals surface area contributed by atoms with E-state index >= 15 is 0 Å². The van der Waals surface area contributed by atoms with E-state index in [0.29, 0.717) is 45.0 Å². The molecular weight excluding hydrogens is 480 g/mol. The molecule has 0 atom stereocenters. The average molecular weight is 501 g/mol. The van der Waals surface area contributed by atoms with Crippen molar-refractivity contribution in [1.82, 2.24) is 9.55 Å². The zero-order chi connectivity index (χ0) is 24.2. The molecule has 0 aliphatic carbocycles. The first kappa shape index (κ1) is 23.6. The Bertz CT molecular complexity index is 1330. The highest BCUT2D eigenvalue weighted by Gasteiger charge is 2.23. The molecule has 1 aliphatic heterocycles. The Morgan fingerprint density at radius 1 is 1.24 bits per heavy atom. The Morgan fingerprint density at radius 2 is 2.03 bits per heavy atom. The summed E-state index contributed by atoms with van der Waals surface area (Å²) in [4.78, 5) is 41.6. The average Bonchev–Trinajstić information content (AvgIpc) is 3.31. The first-order chi connectivity index (χ1) is 16.4. The van der Waals surface area contributed by atoms with E-state index in [0.717, 1.165) is 17.5 Å². The normalized spacial score (nSPS) is 12.2. The summed E-state index contributed by atoms with van der Waals surface area (Å²) in [6.45, 7) is 0. The zero-order valence-electron chi connectivity index (χ0n) is 18.3. The van der Waals surface area contributed by atoms with Gasteiger partial charge in [0.1, 0.15) is 0 Å². The van der Waals surface area contributed by atoms with Crippen molar-refractivity contribution in [2.45, 2.75) is 16.5 Å². The number of carbonyl (C=O) groups excluding carboxylic acids is 1. The third kappa shape index (κ3) is 4.87. The number of aryl methyl sites for hydroxylation is 1. The first-order valence-corrected chi connectivity index (χ1v) is 12.1. The van der Waals surface area contributed by atoms with Crippen LogP contribution in [0.4, 0.5) is 11.4 Å². The van der Waals surface area contributed by atoms with Gasteiger partial charge in [0.05, 0.1) is 41.2 Å². The van der Waals surface area contributed by atoms with Gasteiger partial charge in [-0.3, -0.25) is 24.3 Å². The third-order valence-electron chi connectivity index (χ3n) is 4.97. The number of non-ortho nitro benzene ring substituents is 1. The van der Waals surface area contributed by atoms with Gasteiger partial charge in [-0.1, -0.05) is 17.8 Å². The van der Waals surface area contributed by atoms with Gasteiger partial charge in [0.15, 0.2) is 16.7 Å². The molecule has 0 saturated heterocycles. The Kier molecular flexibility index (Phi) is 7.08. The fourth-order valence-electron chi connectivity index (χ4n) is 3.41. The number of rotatable bonds is 8. The lowest BCUT2D eigenvalue weighted by Gasteiger charge is -2.15. The SMILES string of the molecule is COc1ccc(-n2c(SCC(=O)Nc3cccc([N+](=O)[O-])c3)nc3c(c2=O)SCC3)cc1OC. The van der Waals surface area contributed by atoms with Crippen molar-refractivity contribution in [3.63, 3.8) is 0 Å². The molecule has 10 nitrogen and oxygen atoms in total. The van der Waals surface area contributed by atoms with Crippen LogP contribution in [0.25, 0.3) is 5.69 Å². The highest BCUT2D eigenvalue weighted by molar-refractivity contribution is 8.00. The molecule has 0 fully saturated rings. The highest BCUT2D eigenvalue weighted by atomic mass is 32.2. The summed E-state index contributed by atoms with van der Waals surface area (Å²) in [5, 5.41) is 14.0. The summed E-state index contributed by atoms with van der Waals surface area (Å²) in [5.41, 5.74) is 1.24. The van der Waals surface area contributed by atoms with Gasteiger partial charge in [-0.05, 0) is 18.2 Å². The van der Waals surface area contributed by atoms with Crippen molar-refractivity contribution in [3.05, 3.63) is 68.6 Å². The number of fused-ring (bicyclic) bond motifs is 1. The molecule has 3 aromatic rings. The number of nitro benzene ring substituents is 1. The monoisotopic (exact) mass is 500 g/mol. The van der Waals surface area contributed by atoms with Gasteiger partial charge in [-0.25, -0.2) is 4.98 Å². The van der Waals surface area contributed by atoms with Crippen LogP contribution in [0.5, 0.6) is 11.5 Å². The minimum atomic E-state index is -0.529. The van der Waals surface area contributed by atoms with Crippen LogP contribution in [0.3, 0.4) is 0 Å². The zero-order valence-corrected chi connectivity index (χ0v) is 19.9. The Labute approximate surface area is 202 Å². The number of ether oxygens (including phenoxy) is 2. The van der Waals surface area contributed by atoms with Crippen LogP contribution in [0.15, 0.2) is 57.3 Å². The van der Waals surface area contributed by atoms with Crippen LogP contribution in [-0.4, -0.2) is 46.1 Å². The molecule has 2 heterocycles. The number of anilines is 1. The van der Waals surface area contributed by atoms with Crippen LogP contribution >= 0.6 is 23.5 Å². The second-order valence-electron chi connectivity index (χ2n) is 7.09. The van der Waals surface area contributed by atoms with Crippen LogP contribution in [0, 0.1) is 10.1 Å². The van der Waals surface area contributed by atoms with Gasteiger partial charge in [0, 0.05) is 36.1 Å². The van der Waals surface area contributed by atoms with Gasteiger partial charge >= 0.3 is 0 Å². The van der Waals surface area contributed by atoms with Crippen molar-refractivity contribution in [2.75, 3.05) is 31.0 Å². The van der Waals surface area contributed by atoms with E-state index in [1.54, 1.807) is 24.3 Å². The van der Waals surface area contributed by atoms with Crippen molar-refractivity contribution in [1.29, 1.82) is 0 Å². The van der Waals surface area contributed by atoms with Gasteiger partial charge < -0.3 is 14.8 Å². The van der Waals surface area contributed by atoms with Crippen molar-refractivity contribution in [2.24, 2.45) is 0 Å². The molecule has 34 heavy (non-hydrogen) atoms. The molecule has 0 bridgehead atoms. The van der Waals surface area contributed by atoms with Gasteiger partial charge in [0.2, 0.25) is 5.91 Å². The number of carbonyl (C=O) groups is 1. The number of nitro groups is 1. The number of hydrogen-bond acceptors (Lipinski definition) is 9. The summed E-state index contributed by atoms with van der Waals surface area (Å²) < 4.78 is 12.1. The predicted molar refractivity (Wildman–Crippen MR) is 130 cm³/mol. The minimum absolute atomic E-state index is 0.0473. The van der Waals surface area contributed by atoms with E-state index in [-0.39, 0.29) is 22.9 Å². The molecule has 0 unspecified atom stereocenters. The van der Waals surface area contributed by atoms with Crippen LogP contribution in [0.1, 0.15) is 5.69 Å². The van der Waals surface area contributed by atoms with E-state index in [2.05, 4.69) is 10.3 Å². The molecule has 0 saturated carbocycles. The molecule has 1 N–H and O–H groups in total. The van der Waals surface area contributed by atoms with Crippen LogP contribution in [-0.2, 0) is 11.2 Å². The fraction of sp³-hybridized carbons (Fsp3) is 0.227. The van der Waals surface area contributed by atoms with E-state index < -0.39 is 4.92 Å². The number of nitrogens with one attached hydrogen (secondary N) is 1. The standard InChI is InChI=1S/C22H20N4O6S2/c1-31-17-7-6-14(11-18(17)32-2)25-21(28)20-16(8-9-33-20)24-22(25)34-12-19(27)23-13-4-3-5-15(10-13)26(29)30/h3-7,10-11H,8-9,12H2,1-2H3,(H,23,27). The maximum atomic E-state index is 13.3. The van der Waals surface area contributed by atoms with Crippen molar-refractivity contribution >= 4 is 40.8 Å². The number of methoxy groups -OCH3 is 2. The van der Waals surface area contributed by atoms with Crippen LogP contribution < -0.4 is 20.3 Å². The molecule has 1 aliphatic rings. The lowest BCUT2D eigenvalue weighted by Crippen LogP contribution is -2.24. The molecule has 2 aromatic carbocycles. The highest BCUT2D eigenvalue weighted by Crippen LogP contribution is 2.33.